The summed E-state index contributed by atoms with van der Waals surface area (Å²) in [5, 5.41) is 6.71. The second-order valence-electron chi connectivity index (χ2n) is 5.90. The second kappa shape index (κ2) is 6.04. The first-order valence-corrected chi connectivity index (χ1v) is 7.93. The minimum absolute atomic E-state index is 0.281. The lowest BCUT2D eigenvalue weighted by Crippen LogP contribution is -2.38. The number of pyridine rings is 1. The number of nitrogens with one attached hydrogen (secondary N) is 2. The molecule has 3 aromatic heterocycles. The summed E-state index contributed by atoms with van der Waals surface area (Å²) in [6, 6.07) is 3.27. The van der Waals surface area contributed by atoms with Gasteiger partial charge in [-0.1, -0.05) is 0 Å². The molecule has 0 aliphatic carbocycles. The molecule has 4 heterocycles. The third-order valence-electron chi connectivity index (χ3n) is 4.15. The molecule has 0 amide bonds. The summed E-state index contributed by atoms with van der Waals surface area (Å²) in [5.74, 6) is 0.706. The fourth-order valence-electron chi connectivity index (χ4n) is 2.92. The van der Waals surface area contributed by atoms with Gasteiger partial charge >= 0.3 is 0 Å². The average molecular weight is 327 g/mol. The van der Waals surface area contributed by atoms with Crippen molar-refractivity contribution in [2.75, 3.05) is 24.1 Å². The van der Waals surface area contributed by atoms with Gasteiger partial charge in [-0.2, -0.15) is 0 Å². The minimum atomic E-state index is -0.344. The van der Waals surface area contributed by atoms with E-state index in [0.717, 1.165) is 25.9 Å². The number of imidazole rings is 1. The first kappa shape index (κ1) is 14.8. The highest BCUT2D eigenvalue weighted by Gasteiger charge is 2.16. The van der Waals surface area contributed by atoms with Crippen LogP contribution in [0.15, 0.2) is 30.7 Å². The van der Waals surface area contributed by atoms with Gasteiger partial charge < -0.3 is 16.4 Å². The largest absolute Gasteiger partial charge is 0.394 e. The van der Waals surface area contributed by atoms with Crippen LogP contribution in [-0.2, 0) is 0 Å². The van der Waals surface area contributed by atoms with E-state index in [0.29, 0.717) is 28.7 Å². The topological polar surface area (TPSA) is 93.2 Å². The Morgan fingerprint density at radius 3 is 3.04 bits per heavy atom. The van der Waals surface area contributed by atoms with Crippen LogP contribution in [0.5, 0.6) is 0 Å². The van der Waals surface area contributed by atoms with E-state index in [1.165, 1.54) is 12.3 Å². The molecule has 24 heavy (non-hydrogen) atoms. The average Bonchev–Trinajstić information content (AvgIpc) is 3.01. The second-order valence-corrected chi connectivity index (χ2v) is 5.90. The summed E-state index contributed by atoms with van der Waals surface area (Å²) in [6.45, 7) is 1.91. The number of piperidine rings is 1. The molecular formula is C16H18FN7. The van der Waals surface area contributed by atoms with Gasteiger partial charge in [0.2, 0.25) is 0 Å². The van der Waals surface area contributed by atoms with Gasteiger partial charge in [-0.05, 0) is 31.5 Å². The molecule has 1 unspecified atom stereocenters. The van der Waals surface area contributed by atoms with Crippen molar-refractivity contribution in [2.24, 2.45) is 0 Å². The van der Waals surface area contributed by atoms with Crippen molar-refractivity contribution in [3.63, 3.8) is 0 Å². The Hall–Kier alpha value is -2.74. The van der Waals surface area contributed by atoms with Gasteiger partial charge in [0.05, 0.1) is 18.1 Å². The van der Waals surface area contributed by atoms with Crippen molar-refractivity contribution in [1.82, 2.24) is 24.7 Å². The zero-order valence-corrected chi connectivity index (χ0v) is 13.0. The summed E-state index contributed by atoms with van der Waals surface area (Å²) in [6.07, 6.45) is 6.75. The van der Waals surface area contributed by atoms with Crippen LogP contribution >= 0.6 is 0 Å². The van der Waals surface area contributed by atoms with Crippen molar-refractivity contribution in [3.8, 4) is 11.5 Å². The van der Waals surface area contributed by atoms with Crippen LogP contribution in [0.1, 0.15) is 12.8 Å². The van der Waals surface area contributed by atoms with Crippen molar-refractivity contribution in [1.29, 1.82) is 0 Å². The highest BCUT2D eigenvalue weighted by Crippen LogP contribution is 2.23. The molecule has 0 saturated carbocycles. The fraction of sp³-hybridized carbons (Fsp3) is 0.312. The lowest BCUT2D eigenvalue weighted by atomic mass is 10.1. The molecule has 1 atom stereocenters. The number of nitrogens with zero attached hydrogens (tertiary/aromatic N) is 4. The Morgan fingerprint density at radius 1 is 1.29 bits per heavy atom. The van der Waals surface area contributed by atoms with Crippen molar-refractivity contribution in [3.05, 3.63) is 36.5 Å². The van der Waals surface area contributed by atoms with E-state index in [1.807, 2.05) is 0 Å². The predicted molar refractivity (Wildman–Crippen MR) is 90.1 cm³/mol. The maximum Gasteiger partial charge on any atom is 0.180 e. The van der Waals surface area contributed by atoms with Gasteiger partial charge in [-0.3, -0.25) is 4.40 Å². The molecule has 0 spiro atoms. The number of rotatable bonds is 3. The molecule has 0 radical (unpaired) electrons. The van der Waals surface area contributed by atoms with E-state index in [1.54, 1.807) is 22.9 Å². The number of aromatic nitrogens is 4. The zero-order valence-electron chi connectivity index (χ0n) is 13.0. The van der Waals surface area contributed by atoms with Gasteiger partial charge in [-0.15, -0.1) is 0 Å². The molecule has 1 aliphatic heterocycles. The summed E-state index contributed by atoms with van der Waals surface area (Å²) in [5.41, 5.74) is 7.75. The molecular weight excluding hydrogens is 309 g/mol. The quantitative estimate of drug-likeness (QED) is 0.678. The number of nitrogen functional groups attached to an aromatic ring is 1. The normalized spacial score (nSPS) is 18.0. The van der Waals surface area contributed by atoms with Crippen LogP contribution in [0.3, 0.4) is 0 Å². The van der Waals surface area contributed by atoms with Crippen LogP contribution in [-0.4, -0.2) is 38.5 Å². The lowest BCUT2D eigenvalue weighted by molar-refractivity contribution is 0.479. The zero-order chi connectivity index (χ0) is 16.5. The molecule has 4 rings (SSSR count). The summed E-state index contributed by atoms with van der Waals surface area (Å²) < 4.78 is 15.2. The van der Waals surface area contributed by atoms with Gasteiger partial charge in [0, 0.05) is 18.8 Å². The van der Waals surface area contributed by atoms with Crippen LogP contribution in [0.2, 0.25) is 0 Å². The number of nitrogens with two attached hydrogens (primary N) is 1. The van der Waals surface area contributed by atoms with Crippen LogP contribution < -0.4 is 16.4 Å². The standard InChI is InChI=1S/C16H18FN7/c17-10-3-4-14-20-8-13(24(14)9-10)16-21-7-12(18)15(23-16)22-11-2-1-5-19-6-11/h3-4,7-9,11,19H,1-2,5-6,18H2,(H,21,22,23). The van der Waals surface area contributed by atoms with E-state index < -0.39 is 0 Å². The summed E-state index contributed by atoms with van der Waals surface area (Å²) >= 11 is 0. The number of hydrogen-bond acceptors (Lipinski definition) is 6. The number of halogens is 1. The summed E-state index contributed by atoms with van der Waals surface area (Å²) in [4.78, 5) is 13.1. The van der Waals surface area contributed by atoms with Crippen molar-refractivity contribution < 1.29 is 4.39 Å². The van der Waals surface area contributed by atoms with E-state index in [2.05, 4.69) is 25.6 Å². The maximum atomic E-state index is 13.5. The smallest absolute Gasteiger partial charge is 0.180 e. The fourth-order valence-corrected chi connectivity index (χ4v) is 2.92. The van der Waals surface area contributed by atoms with Crippen molar-refractivity contribution in [2.45, 2.75) is 18.9 Å². The van der Waals surface area contributed by atoms with E-state index >= 15 is 0 Å². The van der Waals surface area contributed by atoms with Gasteiger partial charge in [0.25, 0.3) is 0 Å². The lowest BCUT2D eigenvalue weighted by Gasteiger charge is -2.24. The number of hydrogen-bond donors (Lipinski definition) is 3. The van der Waals surface area contributed by atoms with Gasteiger partial charge in [-0.25, -0.2) is 19.3 Å². The molecule has 1 saturated heterocycles. The summed E-state index contributed by atoms with van der Waals surface area (Å²) in [7, 11) is 0. The Labute approximate surface area is 138 Å². The third kappa shape index (κ3) is 2.76. The predicted octanol–water partition coefficient (Wildman–Crippen LogP) is 1.68. The van der Waals surface area contributed by atoms with Crippen molar-refractivity contribution >= 4 is 17.2 Å². The number of fused-ring (bicyclic) bond motifs is 1. The van der Waals surface area contributed by atoms with Gasteiger partial charge in [0.1, 0.15) is 17.2 Å². The molecule has 124 valence electrons. The van der Waals surface area contributed by atoms with E-state index in [-0.39, 0.29) is 11.9 Å². The van der Waals surface area contributed by atoms with E-state index in [4.69, 9.17) is 5.73 Å². The Kier molecular flexibility index (Phi) is 3.73. The first-order chi connectivity index (χ1) is 11.7. The van der Waals surface area contributed by atoms with Gasteiger partial charge in [0.15, 0.2) is 11.6 Å². The molecule has 4 N–H and O–H groups in total. The molecule has 3 aromatic rings. The van der Waals surface area contributed by atoms with E-state index in [9.17, 15) is 4.39 Å². The Bertz CT molecular complexity index is 870. The molecule has 1 aliphatic rings. The molecule has 0 aromatic carbocycles. The first-order valence-electron chi connectivity index (χ1n) is 7.93. The molecule has 8 heteroatoms. The van der Waals surface area contributed by atoms with Crippen LogP contribution in [0.4, 0.5) is 15.9 Å². The molecule has 7 nitrogen and oxygen atoms in total. The SMILES string of the molecule is Nc1cnc(-c2cnc3ccc(F)cn23)nc1NC1CCCNC1. The molecule has 1 fully saturated rings. The third-order valence-corrected chi connectivity index (χ3v) is 4.15. The Morgan fingerprint density at radius 2 is 2.21 bits per heavy atom. The Balaban J connectivity index is 1.70. The highest BCUT2D eigenvalue weighted by molar-refractivity contribution is 5.65. The molecule has 0 bridgehead atoms. The van der Waals surface area contributed by atoms with Crippen LogP contribution in [0.25, 0.3) is 17.2 Å². The van der Waals surface area contributed by atoms with Crippen LogP contribution in [0, 0.1) is 5.82 Å². The monoisotopic (exact) mass is 327 g/mol. The maximum absolute atomic E-state index is 13.5. The number of anilines is 2. The minimum Gasteiger partial charge on any atom is -0.394 e. The highest BCUT2D eigenvalue weighted by atomic mass is 19.1.